The second-order valence-electron chi connectivity index (χ2n) is 8.03. The minimum atomic E-state index is -0.211. The van der Waals surface area contributed by atoms with Gasteiger partial charge in [-0.25, -0.2) is 4.98 Å². The Hall–Kier alpha value is -1.88. The molecule has 1 atom stereocenters. The summed E-state index contributed by atoms with van der Waals surface area (Å²) in [7, 11) is 0. The van der Waals surface area contributed by atoms with E-state index < -0.39 is 0 Å². The van der Waals surface area contributed by atoms with Gasteiger partial charge in [-0.2, -0.15) is 0 Å². The summed E-state index contributed by atoms with van der Waals surface area (Å²) in [6, 6.07) is 7.75. The van der Waals surface area contributed by atoms with Crippen LogP contribution in [0.2, 0.25) is 0 Å². The first kappa shape index (κ1) is 17.0. The first-order valence-corrected chi connectivity index (χ1v) is 8.73. The highest BCUT2D eigenvalue weighted by Gasteiger charge is 2.30. The Morgan fingerprint density at radius 1 is 1.38 bits per heavy atom. The van der Waals surface area contributed by atoms with Gasteiger partial charge in [-0.05, 0) is 36.8 Å². The molecule has 1 amide bonds. The van der Waals surface area contributed by atoms with Crippen LogP contribution >= 0.6 is 0 Å². The van der Waals surface area contributed by atoms with Gasteiger partial charge in [0.1, 0.15) is 12.4 Å². The van der Waals surface area contributed by atoms with Crippen molar-refractivity contribution in [3.63, 3.8) is 0 Å². The zero-order valence-corrected chi connectivity index (χ0v) is 14.7. The predicted octanol–water partition coefficient (Wildman–Crippen LogP) is 2.83. The summed E-state index contributed by atoms with van der Waals surface area (Å²) < 4.78 is 2.04. The van der Waals surface area contributed by atoms with Gasteiger partial charge in [0.25, 0.3) is 0 Å². The number of fused-ring (bicyclic) bond motifs is 1. The van der Waals surface area contributed by atoms with Crippen molar-refractivity contribution >= 4 is 16.9 Å². The molecule has 3 rings (SSSR count). The molecule has 5 heteroatoms. The van der Waals surface area contributed by atoms with Crippen LogP contribution in [0.5, 0.6) is 0 Å². The Kier molecular flexibility index (Phi) is 4.63. The van der Waals surface area contributed by atoms with E-state index in [0.29, 0.717) is 5.92 Å². The molecule has 0 spiro atoms. The third-order valence-electron chi connectivity index (χ3n) is 4.37. The number of hydrogen-bond acceptors (Lipinski definition) is 3. The summed E-state index contributed by atoms with van der Waals surface area (Å²) in [6.07, 6.45) is 3.04. The van der Waals surface area contributed by atoms with Crippen molar-refractivity contribution in [2.24, 2.45) is 5.41 Å². The lowest BCUT2D eigenvalue weighted by atomic mass is 9.88. The van der Waals surface area contributed by atoms with E-state index in [1.54, 1.807) is 0 Å². The van der Waals surface area contributed by atoms with Gasteiger partial charge >= 0.3 is 0 Å². The number of amides is 1. The van der Waals surface area contributed by atoms with Crippen LogP contribution in [0.3, 0.4) is 0 Å². The molecular weight excluding hydrogens is 302 g/mol. The fourth-order valence-corrected chi connectivity index (χ4v) is 3.23. The summed E-state index contributed by atoms with van der Waals surface area (Å²) in [5.41, 5.74) is 2.01. The second kappa shape index (κ2) is 6.55. The molecule has 1 saturated carbocycles. The number of para-hydroxylation sites is 2. The van der Waals surface area contributed by atoms with Gasteiger partial charge in [-0.1, -0.05) is 32.9 Å². The van der Waals surface area contributed by atoms with E-state index in [-0.39, 0.29) is 30.5 Å². The number of aliphatic hydroxyl groups excluding tert-OH is 1. The van der Waals surface area contributed by atoms with E-state index in [2.05, 4.69) is 26.1 Å². The van der Waals surface area contributed by atoms with E-state index in [1.807, 2.05) is 28.8 Å². The predicted molar refractivity (Wildman–Crippen MR) is 94.8 cm³/mol. The monoisotopic (exact) mass is 329 g/mol. The third-order valence-corrected chi connectivity index (χ3v) is 4.37. The minimum Gasteiger partial charge on any atom is -0.394 e. The van der Waals surface area contributed by atoms with Crippen molar-refractivity contribution in [1.82, 2.24) is 14.9 Å². The third kappa shape index (κ3) is 3.96. The quantitative estimate of drug-likeness (QED) is 0.856. The van der Waals surface area contributed by atoms with Crippen molar-refractivity contribution in [3.8, 4) is 0 Å². The largest absolute Gasteiger partial charge is 0.394 e. The summed E-state index contributed by atoms with van der Waals surface area (Å²) in [5.74, 6) is 1.43. The molecule has 0 bridgehead atoms. The summed E-state index contributed by atoms with van der Waals surface area (Å²) >= 11 is 0. The number of carbonyl (C=O) groups excluding carboxylic acids is 1. The van der Waals surface area contributed by atoms with Crippen LogP contribution in [0.1, 0.15) is 51.8 Å². The van der Waals surface area contributed by atoms with Gasteiger partial charge in [0.05, 0.1) is 23.7 Å². The maximum absolute atomic E-state index is 12.5. The lowest BCUT2D eigenvalue weighted by molar-refractivity contribution is -0.122. The molecule has 24 heavy (non-hydrogen) atoms. The molecule has 130 valence electrons. The number of aromatic nitrogens is 2. The highest BCUT2D eigenvalue weighted by atomic mass is 16.3. The number of imidazole rings is 1. The van der Waals surface area contributed by atoms with Crippen molar-refractivity contribution in [2.45, 2.75) is 58.5 Å². The van der Waals surface area contributed by atoms with Crippen molar-refractivity contribution in [2.75, 3.05) is 6.61 Å². The van der Waals surface area contributed by atoms with Crippen molar-refractivity contribution < 1.29 is 9.90 Å². The number of nitrogens with zero attached hydrogens (tertiary/aromatic N) is 2. The number of benzene rings is 1. The number of rotatable bonds is 6. The molecule has 1 aromatic carbocycles. The molecule has 2 aromatic rings. The molecule has 1 aromatic heterocycles. The molecular formula is C19H27N3O2. The Bertz CT molecular complexity index is 726. The van der Waals surface area contributed by atoms with Gasteiger partial charge in [0.15, 0.2) is 0 Å². The number of hydrogen-bond donors (Lipinski definition) is 2. The number of aliphatic hydroxyl groups is 1. The van der Waals surface area contributed by atoms with Crippen LogP contribution in [0, 0.1) is 5.41 Å². The van der Waals surface area contributed by atoms with Crippen molar-refractivity contribution in [3.05, 3.63) is 30.1 Å². The Morgan fingerprint density at radius 2 is 2.08 bits per heavy atom. The topological polar surface area (TPSA) is 67.2 Å². The molecule has 2 N–H and O–H groups in total. The van der Waals surface area contributed by atoms with Gasteiger partial charge in [0, 0.05) is 5.92 Å². The normalized spacial score (nSPS) is 16.3. The molecule has 1 aliphatic rings. The average molecular weight is 329 g/mol. The maximum Gasteiger partial charge on any atom is 0.240 e. The van der Waals surface area contributed by atoms with E-state index in [9.17, 15) is 9.90 Å². The fraction of sp³-hybridized carbons (Fsp3) is 0.579. The van der Waals surface area contributed by atoms with E-state index in [0.717, 1.165) is 36.1 Å². The molecule has 5 nitrogen and oxygen atoms in total. The number of carbonyl (C=O) groups is 1. The highest BCUT2D eigenvalue weighted by molar-refractivity contribution is 5.81. The van der Waals surface area contributed by atoms with Crippen LogP contribution in [0.4, 0.5) is 0 Å². The van der Waals surface area contributed by atoms with Crippen LogP contribution in [0.25, 0.3) is 11.0 Å². The zero-order chi connectivity index (χ0) is 17.3. The second-order valence-corrected chi connectivity index (χ2v) is 8.03. The smallest absolute Gasteiger partial charge is 0.240 e. The lowest BCUT2D eigenvalue weighted by Gasteiger charge is -2.25. The van der Waals surface area contributed by atoms with Gasteiger partial charge in [-0.3, -0.25) is 4.79 Å². The van der Waals surface area contributed by atoms with E-state index >= 15 is 0 Å². The van der Waals surface area contributed by atoms with Gasteiger partial charge < -0.3 is 15.0 Å². The van der Waals surface area contributed by atoms with Crippen molar-refractivity contribution in [1.29, 1.82) is 0 Å². The van der Waals surface area contributed by atoms with Gasteiger partial charge in [-0.15, -0.1) is 0 Å². The summed E-state index contributed by atoms with van der Waals surface area (Å²) in [5, 5.41) is 12.5. The highest BCUT2D eigenvalue weighted by Crippen LogP contribution is 2.40. The molecule has 1 unspecified atom stereocenters. The van der Waals surface area contributed by atoms with Crippen LogP contribution < -0.4 is 5.32 Å². The van der Waals surface area contributed by atoms with Crippen LogP contribution in [0.15, 0.2) is 24.3 Å². The Morgan fingerprint density at radius 3 is 2.71 bits per heavy atom. The molecule has 1 heterocycles. The standard InChI is InChI=1S/C19H27N3O2/c1-19(2,3)10-14(12-23)20-17(24)11-22-16-7-5-4-6-15(16)21-18(22)13-8-9-13/h4-7,13-14,23H,8-12H2,1-3H3,(H,20,24). The van der Waals surface area contributed by atoms with Gasteiger partial charge in [0.2, 0.25) is 5.91 Å². The number of nitrogens with one attached hydrogen (secondary N) is 1. The molecule has 0 radical (unpaired) electrons. The zero-order valence-electron chi connectivity index (χ0n) is 14.7. The van der Waals surface area contributed by atoms with E-state index in [1.165, 1.54) is 0 Å². The Labute approximate surface area is 143 Å². The molecule has 1 fully saturated rings. The molecule has 0 saturated heterocycles. The first-order chi connectivity index (χ1) is 11.4. The van der Waals surface area contributed by atoms with E-state index in [4.69, 9.17) is 4.98 Å². The average Bonchev–Trinajstić information content (AvgIpc) is 3.29. The summed E-state index contributed by atoms with van der Waals surface area (Å²) in [6.45, 7) is 6.54. The fourth-order valence-electron chi connectivity index (χ4n) is 3.23. The Balaban J connectivity index is 1.76. The SMILES string of the molecule is CC(C)(C)CC(CO)NC(=O)Cn1c(C2CC2)nc2ccccc21. The van der Waals surface area contributed by atoms with Crippen LogP contribution in [-0.2, 0) is 11.3 Å². The lowest BCUT2D eigenvalue weighted by Crippen LogP contribution is -2.41. The summed E-state index contributed by atoms with van der Waals surface area (Å²) in [4.78, 5) is 17.3. The molecule has 0 aliphatic heterocycles. The molecule has 1 aliphatic carbocycles. The van der Waals surface area contributed by atoms with Crippen LogP contribution in [-0.4, -0.2) is 33.2 Å². The maximum atomic E-state index is 12.5. The first-order valence-electron chi connectivity index (χ1n) is 8.73. The minimum absolute atomic E-state index is 0.0385.